The summed E-state index contributed by atoms with van der Waals surface area (Å²) in [7, 11) is 0. The number of nitrogens with one attached hydrogen (secondary N) is 1. The van der Waals surface area contributed by atoms with Crippen LogP contribution in [-0.2, 0) is 9.53 Å². The number of hydrogen-bond donors (Lipinski definition) is 1. The van der Waals surface area contributed by atoms with E-state index in [0.29, 0.717) is 23.8 Å². The number of carbonyl (C=O) groups is 2. The van der Waals surface area contributed by atoms with Gasteiger partial charge in [-0.15, -0.1) is 0 Å². The highest BCUT2D eigenvalue weighted by atomic mass is 16.5. The summed E-state index contributed by atoms with van der Waals surface area (Å²) < 4.78 is 5.41. The van der Waals surface area contributed by atoms with Crippen LogP contribution in [0.15, 0.2) is 24.3 Å². The van der Waals surface area contributed by atoms with E-state index in [4.69, 9.17) is 4.74 Å². The topological polar surface area (TPSA) is 61.9 Å². The fraction of sp³-hybridized carbons (Fsp3) is 0.600. The molecule has 2 amide bonds. The molecule has 2 fully saturated rings. The number of anilines is 1. The summed E-state index contributed by atoms with van der Waals surface area (Å²) in [6.45, 7) is 9.48. The minimum atomic E-state index is -0.372. The maximum absolute atomic E-state index is 12.8. The molecule has 0 spiro atoms. The average Bonchev–Trinajstić information content (AvgIpc) is 3.16. The summed E-state index contributed by atoms with van der Waals surface area (Å²) in [5, 5.41) is 2.87. The molecule has 1 N–H and O–H groups in total. The molecule has 0 radical (unpaired) electrons. The van der Waals surface area contributed by atoms with Crippen molar-refractivity contribution in [2.75, 3.05) is 44.6 Å². The lowest BCUT2D eigenvalue weighted by molar-refractivity contribution is -0.124. The molecule has 1 aromatic carbocycles. The number of benzene rings is 1. The number of amides is 2. The van der Waals surface area contributed by atoms with E-state index in [2.05, 4.69) is 24.1 Å². The second-order valence-corrected chi connectivity index (χ2v) is 7.56. The van der Waals surface area contributed by atoms with Crippen molar-refractivity contribution < 1.29 is 14.3 Å². The lowest BCUT2D eigenvalue weighted by Crippen LogP contribution is -2.49. The van der Waals surface area contributed by atoms with Crippen molar-refractivity contribution in [3.8, 4) is 0 Å². The van der Waals surface area contributed by atoms with Gasteiger partial charge in [-0.1, -0.05) is 19.9 Å². The van der Waals surface area contributed by atoms with Gasteiger partial charge >= 0.3 is 0 Å². The molecular formula is C20H29N3O3. The zero-order valence-corrected chi connectivity index (χ0v) is 15.7. The van der Waals surface area contributed by atoms with Crippen LogP contribution in [0.2, 0.25) is 0 Å². The molecule has 0 aromatic heterocycles. The Morgan fingerprint density at radius 3 is 2.65 bits per heavy atom. The Hall–Kier alpha value is -1.92. The van der Waals surface area contributed by atoms with Crippen molar-refractivity contribution in [1.82, 2.24) is 9.80 Å². The molecule has 0 aliphatic carbocycles. The van der Waals surface area contributed by atoms with Gasteiger partial charge in [0, 0.05) is 50.6 Å². The number of carbonyl (C=O) groups excluding carboxylic acids is 2. The van der Waals surface area contributed by atoms with Crippen molar-refractivity contribution in [2.45, 2.75) is 32.8 Å². The van der Waals surface area contributed by atoms with Crippen LogP contribution in [0.4, 0.5) is 5.69 Å². The molecule has 0 saturated carbocycles. The molecule has 2 aliphatic rings. The van der Waals surface area contributed by atoms with Gasteiger partial charge in [0.05, 0.1) is 0 Å². The summed E-state index contributed by atoms with van der Waals surface area (Å²) in [5.74, 6) is 0.540. The van der Waals surface area contributed by atoms with Crippen molar-refractivity contribution in [3.63, 3.8) is 0 Å². The predicted molar refractivity (Wildman–Crippen MR) is 101 cm³/mol. The lowest BCUT2D eigenvalue weighted by Gasteiger charge is -2.35. The van der Waals surface area contributed by atoms with E-state index >= 15 is 0 Å². The maximum Gasteiger partial charge on any atom is 0.254 e. The van der Waals surface area contributed by atoms with Gasteiger partial charge in [-0.25, -0.2) is 0 Å². The van der Waals surface area contributed by atoms with Gasteiger partial charge < -0.3 is 15.0 Å². The Kier molecular flexibility index (Phi) is 6.27. The number of nitrogens with zero attached hydrogens (tertiary/aromatic N) is 2. The summed E-state index contributed by atoms with van der Waals surface area (Å²) in [5.41, 5.74) is 1.27. The number of rotatable bonds is 5. The molecule has 1 unspecified atom stereocenters. The van der Waals surface area contributed by atoms with Crippen LogP contribution in [-0.4, -0.2) is 67.0 Å². The smallest absolute Gasteiger partial charge is 0.254 e. The van der Waals surface area contributed by atoms with Gasteiger partial charge in [0.2, 0.25) is 0 Å². The second-order valence-electron chi connectivity index (χ2n) is 7.56. The number of ether oxygens (including phenoxy) is 1. The highest BCUT2D eigenvalue weighted by Gasteiger charge is 2.25. The quantitative estimate of drug-likeness (QED) is 0.876. The predicted octanol–water partition coefficient (Wildman–Crippen LogP) is 2.22. The van der Waals surface area contributed by atoms with Gasteiger partial charge in [-0.05, 0) is 37.0 Å². The first-order valence-electron chi connectivity index (χ1n) is 9.57. The Balaban J connectivity index is 1.57. The molecule has 2 aliphatic heterocycles. The van der Waals surface area contributed by atoms with E-state index in [1.165, 1.54) is 0 Å². The SMILES string of the molecule is CC(C)CN1CCN(C(=O)c2cccc(NC(=O)C3CCCO3)c2)CC1. The first-order valence-corrected chi connectivity index (χ1v) is 9.57. The number of piperazine rings is 1. The second kappa shape index (κ2) is 8.64. The van der Waals surface area contributed by atoms with E-state index in [9.17, 15) is 9.59 Å². The first kappa shape index (κ1) is 18.9. The molecule has 2 saturated heterocycles. The summed E-state index contributed by atoms with van der Waals surface area (Å²) in [4.78, 5) is 29.3. The summed E-state index contributed by atoms with van der Waals surface area (Å²) in [6, 6.07) is 7.19. The minimum Gasteiger partial charge on any atom is -0.368 e. The average molecular weight is 359 g/mol. The molecule has 26 heavy (non-hydrogen) atoms. The Morgan fingerprint density at radius 2 is 2.00 bits per heavy atom. The molecule has 142 valence electrons. The van der Waals surface area contributed by atoms with E-state index in [1.807, 2.05) is 23.1 Å². The van der Waals surface area contributed by atoms with E-state index in [0.717, 1.165) is 45.6 Å². The number of hydrogen-bond acceptors (Lipinski definition) is 4. The van der Waals surface area contributed by atoms with Crippen LogP contribution >= 0.6 is 0 Å². The summed E-state index contributed by atoms with van der Waals surface area (Å²) in [6.07, 6.45) is 1.30. The Labute approximate surface area is 155 Å². The third-order valence-corrected chi connectivity index (χ3v) is 4.88. The maximum atomic E-state index is 12.8. The van der Waals surface area contributed by atoms with E-state index in [-0.39, 0.29) is 17.9 Å². The van der Waals surface area contributed by atoms with Crippen LogP contribution in [0.5, 0.6) is 0 Å². The molecule has 2 heterocycles. The molecule has 1 atom stereocenters. The molecular weight excluding hydrogens is 330 g/mol. The van der Waals surface area contributed by atoms with Gasteiger partial charge in [0.1, 0.15) is 6.10 Å². The normalized spacial score (nSPS) is 21.2. The highest BCUT2D eigenvalue weighted by Crippen LogP contribution is 2.18. The van der Waals surface area contributed by atoms with Gasteiger partial charge in [0.15, 0.2) is 0 Å². The molecule has 6 nitrogen and oxygen atoms in total. The van der Waals surface area contributed by atoms with Crippen LogP contribution < -0.4 is 5.32 Å². The first-order chi connectivity index (χ1) is 12.5. The van der Waals surface area contributed by atoms with Crippen molar-refractivity contribution in [3.05, 3.63) is 29.8 Å². The van der Waals surface area contributed by atoms with Crippen molar-refractivity contribution in [1.29, 1.82) is 0 Å². The molecule has 0 bridgehead atoms. The highest BCUT2D eigenvalue weighted by molar-refractivity contribution is 5.98. The van der Waals surface area contributed by atoms with Gasteiger partial charge in [-0.2, -0.15) is 0 Å². The fourth-order valence-corrected chi connectivity index (χ4v) is 3.57. The standard InChI is InChI=1S/C20H29N3O3/c1-15(2)14-22-8-10-23(11-9-22)20(25)16-5-3-6-17(13-16)21-19(24)18-7-4-12-26-18/h3,5-6,13,15,18H,4,7-12,14H2,1-2H3,(H,21,24). The van der Waals surface area contributed by atoms with Crippen LogP contribution in [0.3, 0.4) is 0 Å². The van der Waals surface area contributed by atoms with Gasteiger partial charge in [-0.3, -0.25) is 14.5 Å². The van der Waals surface area contributed by atoms with Crippen molar-refractivity contribution >= 4 is 17.5 Å². The zero-order chi connectivity index (χ0) is 18.5. The molecule has 1 aromatic rings. The van der Waals surface area contributed by atoms with Crippen LogP contribution in [0, 0.1) is 5.92 Å². The largest absolute Gasteiger partial charge is 0.368 e. The monoisotopic (exact) mass is 359 g/mol. The molecule has 3 rings (SSSR count). The third kappa shape index (κ3) is 4.83. The summed E-state index contributed by atoms with van der Waals surface area (Å²) >= 11 is 0. The van der Waals surface area contributed by atoms with Crippen LogP contribution in [0.25, 0.3) is 0 Å². The van der Waals surface area contributed by atoms with Gasteiger partial charge in [0.25, 0.3) is 11.8 Å². The minimum absolute atomic E-state index is 0.0300. The van der Waals surface area contributed by atoms with Crippen LogP contribution in [0.1, 0.15) is 37.0 Å². The van der Waals surface area contributed by atoms with E-state index in [1.54, 1.807) is 6.07 Å². The Morgan fingerprint density at radius 1 is 1.23 bits per heavy atom. The fourth-order valence-electron chi connectivity index (χ4n) is 3.57. The van der Waals surface area contributed by atoms with E-state index < -0.39 is 0 Å². The molecule has 6 heteroatoms. The third-order valence-electron chi connectivity index (χ3n) is 4.88. The Bertz CT molecular complexity index is 633. The lowest BCUT2D eigenvalue weighted by atomic mass is 10.1. The zero-order valence-electron chi connectivity index (χ0n) is 15.7. The van der Waals surface area contributed by atoms with Crippen molar-refractivity contribution in [2.24, 2.45) is 5.92 Å².